The normalized spacial score (nSPS) is 10.1. The Labute approximate surface area is 137 Å². The van der Waals surface area contributed by atoms with Gasteiger partial charge < -0.3 is 15.8 Å². The number of hydrogen-bond acceptors (Lipinski definition) is 4. The summed E-state index contributed by atoms with van der Waals surface area (Å²) in [6.45, 7) is 5.37. The van der Waals surface area contributed by atoms with Gasteiger partial charge in [0.2, 0.25) is 5.91 Å². The minimum atomic E-state index is 0. The third-order valence-corrected chi connectivity index (χ3v) is 3.59. The van der Waals surface area contributed by atoms with E-state index in [-0.39, 0.29) is 18.3 Å². The van der Waals surface area contributed by atoms with Crippen molar-refractivity contribution in [2.45, 2.75) is 20.3 Å². The lowest BCUT2D eigenvalue weighted by molar-refractivity contribution is -0.113. The second-order valence-electron chi connectivity index (χ2n) is 4.94. The summed E-state index contributed by atoms with van der Waals surface area (Å²) in [5.41, 5.74) is 6.16. The molecule has 0 heterocycles. The molecule has 0 saturated heterocycles. The zero-order valence-corrected chi connectivity index (χ0v) is 14.3. The van der Waals surface area contributed by atoms with E-state index in [0.29, 0.717) is 24.8 Å². The van der Waals surface area contributed by atoms with E-state index in [0.717, 1.165) is 23.6 Å². The van der Waals surface area contributed by atoms with E-state index in [1.807, 2.05) is 24.3 Å². The van der Waals surface area contributed by atoms with Crippen molar-refractivity contribution in [3.8, 4) is 5.75 Å². The van der Waals surface area contributed by atoms with Crippen LogP contribution in [0.1, 0.15) is 20.3 Å². The Balaban J connectivity index is 0.00000400. The van der Waals surface area contributed by atoms with Crippen molar-refractivity contribution in [3.63, 3.8) is 0 Å². The van der Waals surface area contributed by atoms with E-state index in [4.69, 9.17) is 10.5 Å². The number of carbonyl (C=O) groups is 1. The van der Waals surface area contributed by atoms with Crippen LogP contribution >= 0.6 is 24.2 Å². The number of nitrogens with one attached hydrogen (secondary N) is 1. The number of halogens is 1. The summed E-state index contributed by atoms with van der Waals surface area (Å²) < 4.78 is 5.38. The lowest BCUT2D eigenvalue weighted by Gasteiger charge is -2.08. The molecular weight excluding hydrogens is 308 g/mol. The maximum absolute atomic E-state index is 11.7. The molecular formula is C15H25ClN2O2S. The third-order valence-electron chi connectivity index (χ3n) is 2.60. The molecule has 0 bridgehead atoms. The van der Waals surface area contributed by atoms with Crippen LogP contribution in [0.15, 0.2) is 24.3 Å². The zero-order chi connectivity index (χ0) is 14.8. The molecule has 21 heavy (non-hydrogen) atoms. The average Bonchev–Trinajstić information content (AvgIpc) is 2.43. The van der Waals surface area contributed by atoms with Gasteiger partial charge in [-0.2, -0.15) is 11.8 Å². The van der Waals surface area contributed by atoms with E-state index >= 15 is 0 Å². The highest BCUT2D eigenvalue weighted by Gasteiger charge is 2.03. The monoisotopic (exact) mass is 332 g/mol. The molecule has 4 nitrogen and oxygen atoms in total. The molecule has 3 N–H and O–H groups in total. The summed E-state index contributed by atoms with van der Waals surface area (Å²) in [5.74, 6) is 3.01. The second kappa shape index (κ2) is 11.7. The van der Waals surface area contributed by atoms with Crippen LogP contribution in [-0.4, -0.2) is 30.6 Å². The smallest absolute Gasteiger partial charge is 0.234 e. The Morgan fingerprint density at radius 1 is 1.33 bits per heavy atom. The Kier molecular flexibility index (Phi) is 11.2. The number of nitrogens with two attached hydrogens (primary N) is 1. The lowest BCUT2D eigenvalue weighted by atomic mass is 10.2. The van der Waals surface area contributed by atoms with Crippen molar-refractivity contribution < 1.29 is 9.53 Å². The van der Waals surface area contributed by atoms with Gasteiger partial charge in [0.25, 0.3) is 0 Å². The standard InChI is InChI=1S/C15H24N2O2S.ClH/c1-12(2)7-10-20-11-15(18)17-13-3-5-14(6-4-13)19-9-8-16;/h3-6,12H,7-11,16H2,1-2H3,(H,17,18);1H. The maximum atomic E-state index is 11.7. The van der Waals surface area contributed by atoms with E-state index < -0.39 is 0 Å². The quantitative estimate of drug-likeness (QED) is 0.682. The first-order valence-electron chi connectivity index (χ1n) is 6.92. The number of benzene rings is 1. The van der Waals surface area contributed by atoms with E-state index in [9.17, 15) is 4.79 Å². The van der Waals surface area contributed by atoms with Crippen LogP contribution in [0.2, 0.25) is 0 Å². The van der Waals surface area contributed by atoms with Gasteiger partial charge >= 0.3 is 0 Å². The molecule has 0 aliphatic heterocycles. The Bertz CT molecular complexity index is 399. The van der Waals surface area contributed by atoms with Crippen LogP contribution in [-0.2, 0) is 4.79 Å². The zero-order valence-electron chi connectivity index (χ0n) is 12.6. The van der Waals surface area contributed by atoms with Crippen LogP contribution in [0.25, 0.3) is 0 Å². The molecule has 1 aromatic carbocycles. The summed E-state index contributed by atoms with van der Waals surface area (Å²) >= 11 is 1.67. The molecule has 0 unspecified atom stereocenters. The number of anilines is 1. The molecule has 0 aromatic heterocycles. The highest BCUT2D eigenvalue weighted by atomic mass is 35.5. The van der Waals surface area contributed by atoms with Gasteiger partial charge in [-0.3, -0.25) is 4.79 Å². The van der Waals surface area contributed by atoms with Crippen LogP contribution in [0.3, 0.4) is 0 Å². The minimum Gasteiger partial charge on any atom is -0.492 e. The van der Waals surface area contributed by atoms with Crippen molar-refractivity contribution in [1.29, 1.82) is 0 Å². The van der Waals surface area contributed by atoms with Crippen molar-refractivity contribution in [2.75, 3.05) is 30.0 Å². The van der Waals surface area contributed by atoms with Crippen LogP contribution in [0.5, 0.6) is 5.75 Å². The van der Waals surface area contributed by atoms with Gasteiger partial charge in [-0.05, 0) is 42.4 Å². The number of hydrogen-bond donors (Lipinski definition) is 2. The summed E-state index contributed by atoms with van der Waals surface area (Å²) in [5, 5.41) is 2.87. The second-order valence-corrected chi connectivity index (χ2v) is 6.05. The molecule has 0 saturated carbocycles. The van der Waals surface area contributed by atoms with Crippen molar-refractivity contribution in [2.24, 2.45) is 11.7 Å². The van der Waals surface area contributed by atoms with E-state index in [2.05, 4.69) is 19.2 Å². The molecule has 0 aliphatic carbocycles. The fourth-order valence-corrected chi connectivity index (χ4v) is 2.53. The van der Waals surface area contributed by atoms with Gasteiger partial charge in [0.05, 0.1) is 5.75 Å². The third kappa shape index (κ3) is 9.61. The molecule has 0 atom stereocenters. The van der Waals surface area contributed by atoms with Gasteiger partial charge in [0.15, 0.2) is 0 Å². The number of thioether (sulfide) groups is 1. The van der Waals surface area contributed by atoms with Crippen molar-refractivity contribution in [1.82, 2.24) is 0 Å². The van der Waals surface area contributed by atoms with Gasteiger partial charge in [-0.25, -0.2) is 0 Å². The fraction of sp³-hybridized carbons (Fsp3) is 0.533. The number of rotatable bonds is 9. The predicted octanol–water partition coefficient (Wildman–Crippen LogP) is 3.16. The van der Waals surface area contributed by atoms with Crippen LogP contribution < -0.4 is 15.8 Å². The minimum absolute atomic E-state index is 0. The summed E-state index contributed by atoms with van der Waals surface area (Å²) in [7, 11) is 0. The molecule has 6 heteroatoms. The number of ether oxygens (including phenoxy) is 1. The largest absolute Gasteiger partial charge is 0.492 e. The number of amides is 1. The van der Waals surface area contributed by atoms with Crippen LogP contribution in [0, 0.1) is 5.92 Å². The average molecular weight is 333 g/mol. The Morgan fingerprint density at radius 2 is 2.00 bits per heavy atom. The van der Waals surface area contributed by atoms with Crippen molar-refractivity contribution >= 4 is 35.8 Å². The summed E-state index contributed by atoms with van der Waals surface area (Å²) in [4.78, 5) is 11.7. The Hall–Kier alpha value is -0.910. The summed E-state index contributed by atoms with van der Waals surface area (Å²) in [6, 6.07) is 7.33. The fourth-order valence-electron chi connectivity index (χ4n) is 1.49. The predicted molar refractivity (Wildman–Crippen MR) is 93.6 cm³/mol. The highest BCUT2D eigenvalue weighted by molar-refractivity contribution is 7.99. The van der Waals surface area contributed by atoms with Gasteiger partial charge in [0.1, 0.15) is 12.4 Å². The molecule has 0 radical (unpaired) electrons. The van der Waals surface area contributed by atoms with Gasteiger partial charge in [-0.15, -0.1) is 12.4 Å². The van der Waals surface area contributed by atoms with E-state index in [1.54, 1.807) is 11.8 Å². The maximum Gasteiger partial charge on any atom is 0.234 e. The van der Waals surface area contributed by atoms with Crippen molar-refractivity contribution in [3.05, 3.63) is 24.3 Å². The van der Waals surface area contributed by atoms with Gasteiger partial charge in [0, 0.05) is 12.2 Å². The Morgan fingerprint density at radius 3 is 2.57 bits per heavy atom. The first-order valence-corrected chi connectivity index (χ1v) is 8.08. The SMILES string of the molecule is CC(C)CCSCC(=O)Nc1ccc(OCCN)cc1.Cl. The lowest BCUT2D eigenvalue weighted by Crippen LogP contribution is -2.14. The molecule has 0 aliphatic rings. The molecule has 0 spiro atoms. The van der Waals surface area contributed by atoms with E-state index in [1.165, 1.54) is 0 Å². The molecule has 1 amide bonds. The topological polar surface area (TPSA) is 64.3 Å². The van der Waals surface area contributed by atoms with Crippen LogP contribution in [0.4, 0.5) is 5.69 Å². The first kappa shape index (κ1) is 20.1. The van der Waals surface area contributed by atoms with Gasteiger partial charge in [-0.1, -0.05) is 13.8 Å². The highest BCUT2D eigenvalue weighted by Crippen LogP contribution is 2.16. The molecule has 1 rings (SSSR count). The molecule has 0 fully saturated rings. The molecule has 1 aromatic rings. The molecule has 120 valence electrons. The number of carbonyl (C=O) groups excluding carboxylic acids is 1. The summed E-state index contributed by atoms with van der Waals surface area (Å²) in [6.07, 6.45) is 1.14. The first-order chi connectivity index (χ1) is 9.61.